The van der Waals surface area contributed by atoms with Gasteiger partial charge in [0.25, 0.3) is 0 Å². The van der Waals surface area contributed by atoms with Crippen molar-refractivity contribution < 1.29 is 4.74 Å². The quantitative estimate of drug-likeness (QED) is 0.811. The van der Waals surface area contributed by atoms with E-state index in [1.54, 1.807) is 7.11 Å². The van der Waals surface area contributed by atoms with Gasteiger partial charge in [0.2, 0.25) is 0 Å². The third-order valence-electron chi connectivity index (χ3n) is 4.20. The number of ether oxygens (including phenoxy) is 1. The number of benzene rings is 1. The van der Waals surface area contributed by atoms with Gasteiger partial charge in [0.05, 0.1) is 17.3 Å². The SMILES string of the molecule is COCCNCc1cccc(Cl)c1N1CCCC(C)CC1. The van der Waals surface area contributed by atoms with Crippen LogP contribution in [0.25, 0.3) is 0 Å². The smallest absolute Gasteiger partial charge is 0.0642 e. The maximum Gasteiger partial charge on any atom is 0.0642 e. The molecule has 1 unspecified atom stereocenters. The Morgan fingerprint density at radius 3 is 3.00 bits per heavy atom. The van der Waals surface area contributed by atoms with Crippen LogP contribution >= 0.6 is 11.6 Å². The van der Waals surface area contributed by atoms with Crippen molar-refractivity contribution in [2.75, 3.05) is 38.3 Å². The second-order valence-electron chi connectivity index (χ2n) is 5.94. The summed E-state index contributed by atoms with van der Waals surface area (Å²) in [7, 11) is 1.73. The molecule has 118 valence electrons. The van der Waals surface area contributed by atoms with Crippen LogP contribution in [0.4, 0.5) is 5.69 Å². The molecule has 3 nitrogen and oxygen atoms in total. The molecule has 1 heterocycles. The molecule has 0 spiro atoms. The highest BCUT2D eigenvalue weighted by Gasteiger charge is 2.18. The largest absolute Gasteiger partial charge is 0.383 e. The highest BCUT2D eigenvalue weighted by molar-refractivity contribution is 6.33. The number of methoxy groups -OCH3 is 1. The molecular formula is C17H27ClN2O. The standard InChI is InChI=1S/C17H27ClN2O/c1-14-5-4-10-20(11-8-14)17-15(6-3-7-16(17)18)13-19-9-12-21-2/h3,6-7,14,19H,4-5,8-13H2,1-2H3. The average Bonchev–Trinajstić information content (AvgIpc) is 2.68. The van der Waals surface area contributed by atoms with Crippen molar-refractivity contribution in [2.24, 2.45) is 5.92 Å². The molecule has 1 atom stereocenters. The number of halogens is 1. The highest BCUT2D eigenvalue weighted by Crippen LogP contribution is 2.32. The number of para-hydroxylation sites is 1. The van der Waals surface area contributed by atoms with Gasteiger partial charge in [-0.05, 0) is 36.8 Å². The number of nitrogens with zero attached hydrogens (tertiary/aromatic N) is 1. The van der Waals surface area contributed by atoms with Crippen molar-refractivity contribution in [1.29, 1.82) is 0 Å². The minimum atomic E-state index is 0.733. The van der Waals surface area contributed by atoms with E-state index in [2.05, 4.69) is 23.2 Å². The van der Waals surface area contributed by atoms with Crippen LogP contribution in [-0.2, 0) is 11.3 Å². The highest BCUT2D eigenvalue weighted by atomic mass is 35.5. The van der Waals surface area contributed by atoms with E-state index >= 15 is 0 Å². The lowest BCUT2D eigenvalue weighted by Crippen LogP contribution is -2.27. The first-order valence-corrected chi connectivity index (χ1v) is 8.32. The van der Waals surface area contributed by atoms with Crippen LogP contribution in [0.1, 0.15) is 31.7 Å². The predicted octanol–water partition coefficient (Wildman–Crippen LogP) is 3.70. The van der Waals surface area contributed by atoms with Gasteiger partial charge < -0.3 is 15.0 Å². The third-order valence-corrected chi connectivity index (χ3v) is 4.51. The van der Waals surface area contributed by atoms with E-state index in [0.717, 1.165) is 43.7 Å². The average molecular weight is 311 g/mol. The number of rotatable bonds is 6. The minimum absolute atomic E-state index is 0.733. The number of hydrogen-bond acceptors (Lipinski definition) is 3. The van der Waals surface area contributed by atoms with Crippen molar-refractivity contribution in [3.05, 3.63) is 28.8 Å². The Bertz CT molecular complexity index is 439. The molecule has 4 heteroatoms. The van der Waals surface area contributed by atoms with Gasteiger partial charge in [-0.2, -0.15) is 0 Å². The fraction of sp³-hybridized carbons (Fsp3) is 0.647. The first kappa shape index (κ1) is 16.6. The Balaban J connectivity index is 2.09. The number of nitrogens with one attached hydrogen (secondary N) is 1. The van der Waals surface area contributed by atoms with Crippen molar-refractivity contribution in [2.45, 2.75) is 32.7 Å². The number of anilines is 1. The summed E-state index contributed by atoms with van der Waals surface area (Å²) in [5.41, 5.74) is 2.51. The maximum atomic E-state index is 6.50. The summed E-state index contributed by atoms with van der Waals surface area (Å²) in [6, 6.07) is 6.22. The Morgan fingerprint density at radius 1 is 1.33 bits per heavy atom. The first-order valence-electron chi connectivity index (χ1n) is 7.94. The second kappa shape index (κ2) is 8.62. The van der Waals surface area contributed by atoms with E-state index in [9.17, 15) is 0 Å². The molecule has 0 amide bonds. The van der Waals surface area contributed by atoms with Gasteiger partial charge in [0.1, 0.15) is 0 Å². The van der Waals surface area contributed by atoms with Crippen molar-refractivity contribution in [1.82, 2.24) is 5.32 Å². The predicted molar refractivity (Wildman–Crippen MR) is 90.3 cm³/mol. The Hall–Kier alpha value is -0.770. The zero-order chi connectivity index (χ0) is 15.1. The zero-order valence-electron chi connectivity index (χ0n) is 13.2. The number of hydrogen-bond donors (Lipinski definition) is 1. The summed E-state index contributed by atoms with van der Waals surface area (Å²) in [6.45, 7) is 7.00. The molecule has 0 aromatic heterocycles. The summed E-state index contributed by atoms with van der Waals surface area (Å²) < 4.78 is 5.08. The van der Waals surface area contributed by atoms with Gasteiger partial charge in [-0.15, -0.1) is 0 Å². The minimum Gasteiger partial charge on any atom is -0.383 e. The molecule has 1 saturated heterocycles. The van der Waals surface area contributed by atoms with Gasteiger partial charge in [-0.1, -0.05) is 30.7 Å². The van der Waals surface area contributed by atoms with Crippen molar-refractivity contribution >= 4 is 17.3 Å². The van der Waals surface area contributed by atoms with E-state index in [4.69, 9.17) is 16.3 Å². The molecule has 1 fully saturated rings. The van der Waals surface area contributed by atoms with E-state index < -0.39 is 0 Å². The lowest BCUT2D eigenvalue weighted by atomic mass is 10.0. The van der Waals surface area contributed by atoms with Crippen LogP contribution in [0.15, 0.2) is 18.2 Å². The van der Waals surface area contributed by atoms with Crippen LogP contribution in [0.2, 0.25) is 5.02 Å². The Labute approximate surface area is 133 Å². The van der Waals surface area contributed by atoms with Crippen molar-refractivity contribution in [3.63, 3.8) is 0 Å². The Kier molecular flexibility index (Phi) is 6.81. The summed E-state index contributed by atoms with van der Waals surface area (Å²) in [4.78, 5) is 2.47. The molecule has 2 rings (SSSR count). The molecule has 1 N–H and O–H groups in total. The van der Waals surface area contributed by atoms with Crippen LogP contribution < -0.4 is 10.2 Å². The molecule has 1 aromatic rings. The van der Waals surface area contributed by atoms with Crippen LogP contribution in [-0.4, -0.2) is 33.4 Å². The van der Waals surface area contributed by atoms with Gasteiger partial charge in [0, 0.05) is 33.3 Å². The monoisotopic (exact) mass is 310 g/mol. The molecule has 0 radical (unpaired) electrons. The van der Waals surface area contributed by atoms with E-state index in [-0.39, 0.29) is 0 Å². The lowest BCUT2D eigenvalue weighted by Gasteiger charge is -2.27. The third kappa shape index (κ3) is 4.87. The Morgan fingerprint density at radius 2 is 2.19 bits per heavy atom. The second-order valence-corrected chi connectivity index (χ2v) is 6.35. The van der Waals surface area contributed by atoms with Gasteiger partial charge >= 0.3 is 0 Å². The van der Waals surface area contributed by atoms with E-state index in [1.165, 1.54) is 30.5 Å². The maximum absolute atomic E-state index is 6.50. The van der Waals surface area contributed by atoms with Crippen LogP contribution in [0.5, 0.6) is 0 Å². The van der Waals surface area contributed by atoms with Gasteiger partial charge in [0.15, 0.2) is 0 Å². The molecule has 1 aliphatic rings. The van der Waals surface area contributed by atoms with Crippen LogP contribution in [0.3, 0.4) is 0 Å². The lowest BCUT2D eigenvalue weighted by molar-refractivity contribution is 0.199. The van der Waals surface area contributed by atoms with E-state index in [1.807, 2.05) is 12.1 Å². The van der Waals surface area contributed by atoms with Gasteiger partial charge in [-0.25, -0.2) is 0 Å². The normalized spacial score (nSPS) is 19.6. The summed E-state index contributed by atoms with van der Waals surface area (Å²) in [5.74, 6) is 0.820. The van der Waals surface area contributed by atoms with E-state index in [0.29, 0.717) is 0 Å². The summed E-state index contributed by atoms with van der Waals surface area (Å²) in [5, 5.41) is 4.29. The fourth-order valence-corrected chi connectivity index (χ4v) is 3.25. The summed E-state index contributed by atoms with van der Waals surface area (Å²) >= 11 is 6.50. The van der Waals surface area contributed by atoms with Gasteiger partial charge in [-0.3, -0.25) is 0 Å². The molecule has 0 saturated carbocycles. The molecule has 1 aromatic carbocycles. The summed E-state index contributed by atoms with van der Waals surface area (Å²) in [6.07, 6.45) is 3.83. The molecule has 1 aliphatic heterocycles. The van der Waals surface area contributed by atoms with Crippen LogP contribution in [0, 0.1) is 5.92 Å². The molecule has 0 aliphatic carbocycles. The molecular weight excluding hydrogens is 284 g/mol. The van der Waals surface area contributed by atoms with Crippen molar-refractivity contribution in [3.8, 4) is 0 Å². The molecule has 21 heavy (non-hydrogen) atoms. The zero-order valence-corrected chi connectivity index (χ0v) is 14.0. The first-order chi connectivity index (χ1) is 10.2. The molecule has 0 bridgehead atoms. The topological polar surface area (TPSA) is 24.5 Å². The fourth-order valence-electron chi connectivity index (χ4n) is 2.94.